The van der Waals surface area contributed by atoms with Crippen LogP contribution in [0, 0.1) is 11.6 Å². The van der Waals surface area contributed by atoms with Crippen LogP contribution in [0.5, 0.6) is 0 Å². The molecule has 1 heterocycles. The Morgan fingerprint density at radius 3 is 2.42 bits per heavy atom. The van der Waals surface area contributed by atoms with Crippen molar-refractivity contribution in [2.45, 2.75) is 12.7 Å². The van der Waals surface area contributed by atoms with Crippen LogP contribution >= 0.6 is 15.9 Å². The van der Waals surface area contributed by atoms with E-state index in [2.05, 4.69) is 21.0 Å². The molecular formula is C11H6BrF5N2. The predicted molar refractivity (Wildman–Crippen MR) is 60.4 cm³/mol. The van der Waals surface area contributed by atoms with Gasteiger partial charge in [-0.3, -0.25) is 4.68 Å². The Hall–Kier alpha value is -1.44. The average Bonchev–Trinajstić information content (AvgIpc) is 2.78. The van der Waals surface area contributed by atoms with E-state index in [1.165, 1.54) is 6.07 Å². The third kappa shape index (κ3) is 2.94. The van der Waals surface area contributed by atoms with Crippen LogP contribution < -0.4 is 0 Å². The van der Waals surface area contributed by atoms with Gasteiger partial charge in [0.15, 0.2) is 5.69 Å². The van der Waals surface area contributed by atoms with Gasteiger partial charge in [-0.1, -0.05) is 0 Å². The van der Waals surface area contributed by atoms with Gasteiger partial charge in [0.25, 0.3) is 0 Å². The minimum atomic E-state index is -4.58. The molecule has 0 saturated carbocycles. The van der Waals surface area contributed by atoms with E-state index in [1.54, 1.807) is 0 Å². The molecule has 0 aliphatic rings. The maximum Gasteiger partial charge on any atom is 0.435 e. The molecule has 2 aromatic rings. The van der Waals surface area contributed by atoms with Gasteiger partial charge in [0, 0.05) is 11.8 Å². The van der Waals surface area contributed by atoms with Crippen LogP contribution in [0.3, 0.4) is 0 Å². The minimum absolute atomic E-state index is 0.0344. The van der Waals surface area contributed by atoms with Crippen molar-refractivity contribution in [1.29, 1.82) is 0 Å². The summed E-state index contributed by atoms with van der Waals surface area (Å²) in [6.07, 6.45) is -3.57. The zero-order valence-corrected chi connectivity index (χ0v) is 10.8. The van der Waals surface area contributed by atoms with Crippen molar-refractivity contribution in [2.75, 3.05) is 0 Å². The van der Waals surface area contributed by atoms with Crippen molar-refractivity contribution in [2.24, 2.45) is 0 Å². The van der Waals surface area contributed by atoms with Crippen molar-refractivity contribution < 1.29 is 22.0 Å². The topological polar surface area (TPSA) is 17.8 Å². The highest BCUT2D eigenvalue weighted by Gasteiger charge is 2.33. The normalized spacial score (nSPS) is 11.9. The molecule has 0 aliphatic heterocycles. The molecule has 0 amide bonds. The number of halogens is 6. The fraction of sp³-hybridized carbons (Fsp3) is 0.182. The molecule has 0 bridgehead atoms. The molecule has 1 aromatic heterocycles. The second-order valence-electron chi connectivity index (χ2n) is 3.72. The SMILES string of the molecule is Fc1ccc(Br)c(F)c1Cn1ccc(C(F)(F)F)n1. The fourth-order valence-electron chi connectivity index (χ4n) is 1.48. The highest BCUT2D eigenvalue weighted by molar-refractivity contribution is 9.10. The number of benzene rings is 1. The summed E-state index contributed by atoms with van der Waals surface area (Å²) in [5.74, 6) is -1.70. The second-order valence-corrected chi connectivity index (χ2v) is 4.57. The first-order valence-corrected chi connectivity index (χ1v) is 5.81. The summed E-state index contributed by atoms with van der Waals surface area (Å²) in [7, 11) is 0. The van der Waals surface area contributed by atoms with Gasteiger partial charge < -0.3 is 0 Å². The van der Waals surface area contributed by atoms with Crippen molar-refractivity contribution in [3.05, 3.63) is 51.8 Å². The predicted octanol–water partition coefficient (Wildman–Crippen LogP) is 3.99. The Balaban J connectivity index is 2.32. The minimum Gasteiger partial charge on any atom is -0.268 e. The van der Waals surface area contributed by atoms with Gasteiger partial charge in [0.2, 0.25) is 0 Å². The molecule has 0 fully saturated rings. The second kappa shape index (κ2) is 4.92. The molecule has 0 spiro atoms. The van der Waals surface area contributed by atoms with Crippen LogP contribution in [0.4, 0.5) is 22.0 Å². The fourth-order valence-corrected chi connectivity index (χ4v) is 1.85. The summed E-state index contributed by atoms with van der Waals surface area (Å²) in [5, 5.41) is 3.23. The third-order valence-electron chi connectivity index (χ3n) is 2.39. The molecular weight excluding hydrogens is 335 g/mol. The zero-order chi connectivity index (χ0) is 14.2. The number of nitrogens with zero attached hydrogens (tertiary/aromatic N) is 2. The molecule has 0 aliphatic carbocycles. The first-order chi connectivity index (χ1) is 8.79. The van der Waals surface area contributed by atoms with Gasteiger partial charge in [-0.2, -0.15) is 18.3 Å². The Morgan fingerprint density at radius 2 is 1.84 bits per heavy atom. The van der Waals surface area contributed by atoms with Crippen LogP contribution in [0.1, 0.15) is 11.3 Å². The van der Waals surface area contributed by atoms with Crippen molar-refractivity contribution in [3.8, 4) is 0 Å². The molecule has 102 valence electrons. The molecule has 0 unspecified atom stereocenters. The Labute approximate surface area is 113 Å². The Bertz CT molecular complexity index is 606. The summed E-state index contributed by atoms with van der Waals surface area (Å²) in [6.45, 7) is -0.423. The van der Waals surface area contributed by atoms with Crippen LogP contribution in [0.15, 0.2) is 28.9 Å². The smallest absolute Gasteiger partial charge is 0.268 e. The van der Waals surface area contributed by atoms with Gasteiger partial charge in [0.1, 0.15) is 11.6 Å². The van der Waals surface area contributed by atoms with Crippen LogP contribution in [-0.4, -0.2) is 9.78 Å². The zero-order valence-electron chi connectivity index (χ0n) is 9.18. The number of rotatable bonds is 2. The van der Waals surface area contributed by atoms with Gasteiger partial charge in [-0.05, 0) is 34.1 Å². The monoisotopic (exact) mass is 340 g/mol. The maximum absolute atomic E-state index is 13.6. The lowest BCUT2D eigenvalue weighted by atomic mass is 10.2. The number of aromatic nitrogens is 2. The maximum atomic E-state index is 13.6. The lowest BCUT2D eigenvalue weighted by molar-refractivity contribution is -0.141. The lowest BCUT2D eigenvalue weighted by Crippen LogP contribution is -2.10. The summed E-state index contributed by atoms with van der Waals surface area (Å²) >= 11 is 2.88. The molecule has 1 aromatic carbocycles. The van der Waals surface area contributed by atoms with Crippen LogP contribution in [0.2, 0.25) is 0 Å². The molecule has 19 heavy (non-hydrogen) atoms. The molecule has 0 radical (unpaired) electrons. The van der Waals surface area contributed by atoms with Crippen LogP contribution in [0.25, 0.3) is 0 Å². The van der Waals surface area contributed by atoms with E-state index in [-0.39, 0.29) is 10.0 Å². The molecule has 0 N–H and O–H groups in total. The molecule has 2 rings (SSSR count). The summed E-state index contributed by atoms with van der Waals surface area (Å²) in [5.41, 5.74) is -1.46. The van der Waals surface area contributed by atoms with E-state index in [9.17, 15) is 22.0 Å². The third-order valence-corrected chi connectivity index (χ3v) is 3.00. The summed E-state index contributed by atoms with van der Waals surface area (Å²) in [6, 6.07) is 2.95. The first-order valence-electron chi connectivity index (χ1n) is 5.02. The van der Waals surface area contributed by atoms with Gasteiger partial charge in [0.05, 0.1) is 11.0 Å². The highest BCUT2D eigenvalue weighted by atomic mass is 79.9. The first kappa shape index (κ1) is 14.0. The largest absolute Gasteiger partial charge is 0.435 e. The van der Waals surface area contributed by atoms with Crippen molar-refractivity contribution >= 4 is 15.9 Å². The Morgan fingerprint density at radius 1 is 1.16 bits per heavy atom. The molecule has 0 saturated heterocycles. The van der Waals surface area contributed by atoms with E-state index in [1.807, 2.05) is 0 Å². The number of hydrogen-bond donors (Lipinski definition) is 0. The number of hydrogen-bond acceptors (Lipinski definition) is 1. The van der Waals surface area contributed by atoms with Gasteiger partial charge >= 0.3 is 6.18 Å². The standard InChI is InChI=1S/C11H6BrF5N2/c12-7-1-2-8(13)6(10(7)14)5-19-4-3-9(18-19)11(15,16)17/h1-4H,5H2. The van der Waals surface area contributed by atoms with E-state index >= 15 is 0 Å². The summed E-state index contributed by atoms with van der Waals surface area (Å²) < 4.78 is 64.9. The average molecular weight is 341 g/mol. The highest BCUT2D eigenvalue weighted by Crippen LogP contribution is 2.28. The van der Waals surface area contributed by atoms with Crippen molar-refractivity contribution in [1.82, 2.24) is 9.78 Å². The summed E-state index contributed by atoms with van der Waals surface area (Å²) in [4.78, 5) is 0. The van der Waals surface area contributed by atoms with Gasteiger partial charge in [-0.15, -0.1) is 0 Å². The number of alkyl halides is 3. The quantitative estimate of drug-likeness (QED) is 0.597. The molecule has 8 heteroatoms. The van der Waals surface area contributed by atoms with E-state index < -0.39 is 30.0 Å². The van der Waals surface area contributed by atoms with Crippen LogP contribution in [-0.2, 0) is 12.7 Å². The van der Waals surface area contributed by atoms with E-state index in [4.69, 9.17) is 0 Å². The Kier molecular flexibility index (Phi) is 3.62. The molecule has 0 atom stereocenters. The lowest BCUT2D eigenvalue weighted by Gasteiger charge is -2.07. The van der Waals surface area contributed by atoms with Crippen molar-refractivity contribution in [3.63, 3.8) is 0 Å². The van der Waals surface area contributed by atoms with Gasteiger partial charge in [-0.25, -0.2) is 8.78 Å². The van der Waals surface area contributed by atoms with E-state index in [0.717, 1.165) is 23.0 Å². The van der Waals surface area contributed by atoms with E-state index in [0.29, 0.717) is 0 Å². The molecule has 2 nitrogen and oxygen atoms in total.